The topological polar surface area (TPSA) is 67.8 Å². The number of carbonyl (C=O) groups is 2. The van der Waals surface area contributed by atoms with Gasteiger partial charge in [0.05, 0.1) is 11.8 Å². The maximum atomic E-state index is 13.2. The van der Waals surface area contributed by atoms with Gasteiger partial charge in [0.15, 0.2) is 5.78 Å². The number of hydrogen-bond donors (Lipinski definition) is 1. The molecule has 156 valence electrons. The van der Waals surface area contributed by atoms with Gasteiger partial charge in [-0.25, -0.2) is 4.79 Å². The van der Waals surface area contributed by atoms with Crippen LogP contribution in [0.1, 0.15) is 58.1 Å². The van der Waals surface area contributed by atoms with Crippen LogP contribution in [-0.2, 0) is 9.63 Å². The number of benzene rings is 3. The average molecular weight is 412 g/mol. The summed E-state index contributed by atoms with van der Waals surface area (Å²) < 4.78 is 0. The molecule has 0 heterocycles. The Kier molecular flexibility index (Phi) is 5.53. The van der Waals surface area contributed by atoms with Crippen LogP contribution in [0.2, 0.25) is 0 Å². The second kappa shape index (κ2) is 8.28. The molecule has 0 saturated carbocycles. The Hall–Kier alpha value is -3.57. The van der Waals surface area contributed by atoms with Gasteiger partial charge in [-0.1, -0.05) is 53.7 Å². The molecule has 1 N–H and O–H groups in total. The molecule has 0 saturated heterocycles. The molecule has 0 fully saturated rings. The van der Waals surface area contributed by atoms with E-state index in [0.717, 1.165) is 33.4 Å². The summed E-state index contributed by atoms with van der Waals surface area (Å²) in [6, 6.07) is 19.6. The first-order valence-electron chi connectivity index (χ1n) is 10.2. The zero-order valence-electron chi connectivity index (χ0n) is 18.0. The second-order valence-electron chi connectivity index (χ2n) is 7.73. The van der Waals surface area contributed by atoms with Crippen molar-refractivity contribution in [2.45, 2.75) is 26.8 Å². The van der Waals surface area contributed by atoms with E-state index in [2.05, 4.69) is 16.5 Å². The standard InChI is InChI=1S/C26H24N2O3/c1-15-7-5-6-8-20(15)26(30)19-10-12-22-24(14-19)23-13-18(16(2)28-31-17(3)29)9-11-21(23)25(22)27-4/h5-14,25,27H,1-4H3/b28-16-. The third kappa shape index (κ3) is 3.80. The Morgan fingerprint density at radius 1 is 0.903 bits per heavy atom. The molecule has 5 nitrogen and oxygen atoms in total. The van der Waals surface area contributed by atoms with Crippen LogP contribution >= 0.6 is 0 Å². The average Bonchev–Trinajstić information content (AvgIpc) is 3.09. The zero-order valence-corrected chi connectivity index (χ0v) is 18.0. The molecule has 1 atom stereocenters. The van der Waals surface area contributed by atoms with Gasteiger partial charge in [0, 0.05) is 18.1 Å². The summed E-state index contributed by atoms with van der Waals surface area (Å²) in [7, 11) is 1.93. The van der Waals surface area contributed by atoms with E-state index >= 15 is 0 Å². The first-order chi connectivity index (χ1) is 14.9. The molecule has 1 aliphatic carbocycles. The van der Waals surface area contributed by atoms with Crippen LogP contribution in [0.4, 0.5) is 0 Å². The third-order valence-corrected chi connectivity index (χ3v) is 5.69. The van der Waals surface area contributed by atoms with Crippen molar-refractivity contribution in [2.24, 2.45) is 5.16 Å². The third-order valence-electron chi connectivity index (χ3n) is 5.69. The van der Waals surface area contributed by atoms with Crippen molar-refractivity contribution in [3.63, 3.8) is 0 Å². The number of oxime groups is 1. The SMILES string of the molecule is CNC1c2ccc(C(=O)c3ccccc3C)cc2-c2cc(/C(C)=N\OC(C)=O)ccc21. The zero-order chi connectivity index (χ0) is 22.1. The number of hydrogen-bond acceptors (Lipinski definition) is 5. The smallest absolute Gasteiger partial charge is 0.318 e. The largest absolute Gasteiger partial charge is 0.331 e. The molecule has 0 aromatic heterocycles. The lowest BCUT2D eigenvalue weighted by atomic mass is 9.95. The van der Waals surface area contributed by atoms with Crippen LogP contribution in [0, 0.1) is 6.92 Å². The monoisotopic (exact) mass is 412 g/mol. The van der Waals surface area contributed by atoms with Crippen LogP contribution in [-0.4, -0.2) is 24.5 Å². The molecular weight excluding hydrogens is 388 g/mol. The minimum absolute atomic E-state index is 0.0131. The van der Waals surface area contributed by atoms with Crippen LogP contribution in [0.5, 0.6) is 0 Å². The fourth-order valence-corrected chi connectivity index (χ4v) is 4.10. The van der Waals surface area contributed by atoms with Gasteiger partial charge >= 0.3 is 5.97 Å². The highest BCUT2D eigenvalue weighted by molar-refractivity contribution is 6.11. The van der Waals surface area contributed by atoms with E-state index in [-0.39, 0.29) is 11.8 Å². The normalized spacial score (nSPS) is 14.7. The summed E-state index contributed by atoms with van der Waals surface area (Å²) in [6.45, 7) is 5.07. The predicted octanol–water partition coefficient (Wildman–Crippen LogP) is 4.80. The van der Waals surface area contributed by atoms with Gasteiger partial charge < -0.3 is 10.2 Å². The first kappa shape index (κ1) is 20.7. The van der Waals surface area contributed by atoms with Crippen LogP contribution < -0.4 is 5.32 Å². The Morgan fingerprint density at radius 3 is 2.13 bits per heavy atom. The van der Waals surface area contributed by atoms with Gasteiger partial charge in [0.1, 0.15) is 0 Å². The summed E-state index contributed by atoms with van der Waals surface area (Å²) in [5.74, 6) is -0.445. The van der Waals surface area contributed by atoms with Crippen LogP contribution in [0.25, 0.3) is 11.1 Å². The molecule has 1 unspecified atom stereocenters. The van der Waals surface area contributed by atoms with Gasteiger partial charge in [-0.3, -0.25) is 4.79 Å². The molecule has 0 amide bonds. The Balaban J connectivity index is 1.79. The van der Waals surface area contributed by atoms with Crippen molar-refractivity contribution in [3.8, 4) is 11.1 Å². The highest BCUT2D eigenvalue weighted by Crippen LogP contribution is 2.44. The Bertz CT molecular complexity index is 1230. The minimum atomic E-state index is -0.458. The van der Waals surface area contributed by atoms with E-state index in [9.17, 15) is 9.59 Å². The number of fused-ring (bicyclic) bond motifs is 3. The van der Waals surface area contributed by atoms with Crippen molar-refractivity contribution in [1.29, 1.82) is 0 Å². The van der Waals surface area contributed by atoms with Crippen molar-refractivity contribution in [2.75, 3.05) is 7.05 Å². The van der Waals surface area contributed by atoms with E-state index in [4.69, 9.17) is 4.84 Å². The predicted molar refractivity (Wildman–Crippen MR) is 121 cm³/mol. The molecule has 3 aromatic carbocycles. The van der Waals surface area contributed by atoms with Crippen LogP contribution in [0.15, 0.2) is 65.8 Å². The molecule has 5 heteroatoms. The number of nitrogens with zero attached hydrogens (tertiary/aromatic N) is 1. The lowest BCUT2D eigenvalue weighted by molar-refractivity contribution is -0.140. The number of aryl methyl sites for hydroxylation is 1. The van der Waals surface area contributed by atoms with Gasteiger partial charge in [-0.05, 0) is 66.4 Å². The van der Waals surface area contributed by atoms with E-state index in [1.54, 1.807) is 6.92 Å². The number of ketones is 1. The molecule has 0 aliphatic heterocycles. The van der Waals surface area contributed by atoms with Crippen molar-refractivity contribution in [3.05, 3.63) is 94.0 Å². The molecule has 1 aliphatic rings. The van der Waals surface area contributed by atoms with Crippen molar-refractivity contribution >= 4 is 17.5 Å². The molecule has 4 rings (SSSR count). The highest BCUT2D eigenvalue weighted by Gasteiger charge is 2.29. The van der Waals surface area contributed by atoms with Crippen molar-refractivity contribution < 1.29 is 14.4 Å². The number of nitrogens with one attached hydrogen (secondary N) is 1. The maximum Gasteiger partial charge on any atom is 0.331 e. The number of rotatable bonds is 5. The lowest BCUT2D eigenvalue weighted by Gasteiger charge is -2.13. The molecular formula is C26H24N2O3. The first-order valence-corrected chi connectivity index (χ1v) is 10.2. The van der Waals surface area contributed by atoms with E-state index in [0.29, 0.717) is 16.8 Å². The van der Waals surface area contributed by atoms with E-state index in [1.807, 2.05) is 68.6 Å². The van der Waals surface area contributed by atoms with Gasteiger partial charge in [-0.2, -0.15) is 0 Å². The quantitative estimate of drug-likeness (QED) is 0.283. The highest BCUT2D eigenvalue weighted by atomic mass is 16.7. The van der Waals surface area contributed by atoms with Gasteiger partial charge in [0.25, 0.3) is 0 Å². The number of carbonyl (C=O) groups excluding carboxylic acids is 2. The molecule has 3 aromatic rings. The summed E-state index contributed by atoms with van der Waals surface area (Å²) in [5, 5.41) is 7.28. The van der Waals surface area contributed by atoms with Crippen LogP contribution in [0.3, 0.4) is 0 Å². The van der Waals surface area contributed by atoms with E-state index in [1.165, 1.54) is 6.92 Å². The van der Waals surface area contributed by atoms with Gasteiger partial charge in [-0.15, -0.1) is 0 Å². The molecule has 0 spiro atoms. The summed E-state index contributed by atoms with van der Waals surface area (Å²) in [5.41, 5.74) is 8.14. The summed E-state index contributed by atoms with van der Waals surface area (Å²) in [4.78, 5) is 29.0. The minimum Gasteiger partial charge on any atom is -0.318 e. The molecule has 0 radical (unpaired) electrons. The fourth-order valence-electron chi connectivity index (χ4n) is 4.10. The van der Waals surface area contributed by atoms with E-state index < -0.39 is 5.97 Å². The maximum absolute atomic E-state index is 13.2. The van der Waals surface area contributed by atoms with Crippen molar-refractivity contribution in [1.82, 2.24) is 5.32 Å². The Labute approximate surface area is 181 Å². The van der Waals surface area contributed by atoms with Gasteiger partial charge in [0.2, 0.25) is 0 Å². The lowest BCUT2D eigenvalue weighted by Crippen LogP contribution is -2.15. The summed E-state index contributed by atoms with van der Waals surface area (Å²) in [6.07, 6.45) is 0. The Morgan fingerprint density at radius 2 is 1.52 bits per heavy atom. The molecule has 31 heavy (non-hydrogen) atoms. The molecule has 0 bridgehead atoms. The summed E-state index contributed by atoms with van der Waals surface area (Å²) >= 11 is 0. The fraction of sp³-hybridized carbons (Fsp3) is 0.192. The second-order valence-corrected chi connectivity index (χ2v) is 7.73.